The summed E-state index contributed by atoms with van der Waals surface area (Å²) in [5, 5.41) is 0. The molecule has 0 fully saturated rings. The fourth-order valence-electron chi connectivity index (χ4n) is 1.02. The van der Waals surface area contributed by atoms with E-state index < -0.39 is 10.4 Å². The minimum atomic E-state index is -4.41. The van der Waals surface area contributed by atoms with Gasteiger partial charge in [-0.15, -0.1) is 0 Å². The lowest BCUT2D eigenvalue weighted by atomic mass is 10.1. The van der Waals surface area contributed by atoms with Crippen LogP contribution >= 0.6 is 0 Å². The first-order valence-electron chi connectivity index (χ1n) is 4.92. The summed E-state index contributed by atoms with van der Waals surface area (Å²) in [6, 6.07) is 10.4. The molecule has 0 atom stereocenters. The maximum Gasteiger partial charge on any atom is 0.217 e. The fourth-order valence-corrected chi connectivity index (χ4v) is 1.02. The lowest BCUT2D eigenvalue weighted by Gasteiger charge is -1.98. The highest BCUT2D eigenvalue weighted by Crippen LogP contribution is 2.01. The van der Waals surface area contributed by atoms with Gasteiger partial charge in [0.25, 0.3) is 0 Å². The number of hydrogen-bond donors (Lipinski definition) is 1. The van der Waals surface area contributed by atoms with E-state index in [0.717, 1.165) is 26.6 Å². The molecule has 1 aromatic carbocycles. The van der Waals surface area contributed by atoms with Gasteiger partial charge in [-0.05, 0) is 18.4 Å². The third kappa shape index (κ3) is 11.3. The second-order valence-electron chi connectivity index (χ2n) is 3.07. The zero-order valence-corrected chi connectivity index (χ0v) is 10.5. The average Bonchev–Trinajstić information content (AvgIpc) is 2.31. The molecule has 0 saturated carbocycles. The van der Waals surface area contributed by atoms with Crippen LogP contribution < -0.4 is 5.90 Å². The molecule has 0 unspecified atom stereocenters. The van der Waals surface area contributed by atoms with Crippen LogP contribution in [0.25, 0.3) is 0 Å². The van der Waals surface area contributed by atoms with E-state index in [1.54, 1.807) is 0 Å². The van der Waals surface area contributed by atoms with Crippen LogP contribution in [0, 0.1) is 0 Å². The zero-order chi connectivity index (χ0) is 13.1. The summed E-state index contributed by atoms with van der Waals surface area (Å²) in [5.74, 6) is 3.32. The van der Waals surface area contributed by atoms with Crippen LogP contribution in [0.15, 0.2) is 30.3 Å². The van der Waals surface area contributed by atoms with Crippen molar-refractivity contribution >= 4 is 10.4 Å². The molecule has 6 nitrogen and oxygen atoms in total. The van der Waals surface area contributed by atoms with E-state index in [-0.39, 0.29) is 0 Å². The Kier molecular flexibility index (Phi) is 8.55. The predicted molar refractivity (Wildman–Crippen MR) is 60.3 cm³/mol. The minimum Gasteiger partial charge on any atom is -0.726 e. The molecule has 0 heterocycles. The molecule has 0 aliphatic rings. The molecule has 0 spiro atoms. The highest BCUT2D eigenvalue weighted by molar-refractivity contribution is 7.80. The Labute approximate surface area is 101 Å². The lowest BCUT2D eigenvalue weighted by Crippen LogP contribution is -2.49. The molecule has 3 N–H and O–H groups in total. The van der Waals surface area contributed by atoms with E-state index in [1.807, 2.05) is 6.07 Å². The van der Waals surface area contributed by atoms with E-state index in [1.165, 1.54) is 5.56 Å². The monoisotopic (exact) mass is 263 g/mol. The Morgan fingerprint density at radius 2 is 1.82 bits per heavy atom. The van der Waals surface area contributed by atoms with Gasteiger partial charge in [-0.3, -0.25) is 4.18 Å². The first-order chi connectivity index (χ1) is 7.99. The Hall–Kier alpha value is -0.990. The maximum atomic E-state index is 9.22. The van der Waals surface area contributed by atoms with Crippen LogP contribution in [0.4, 0.5) is 0 Å². The van der Waals surface area contributed by atoms with Crippen molar-refractivity contribution in [3.05, 3.63) is 35.9 Å². The van der Waals surface area contributed by atoms with Gasteiger partial charge >= 0.3 is 0 Å². The molecule has 17 heavy (non-hydrogen) atoms. The van der Waals surface area contributed by atoms with Crippen molar-refractivity contribution in [1.29, 1.82) is 0 Å². The van der Waals surface area contributed by atoms with Crippen LogP contribution in [-0.4, -0.2) is 26.7 Å². The Bertz CT molecular complexity index is 379. The normalized spacial score (nSPS) is 10.5. The highest BCUT2D eigenvalue weighted by Gasteiger charge is 1.90. The molecule has 0 bridgehead atoms. The van der Waals surface area contributed by atoms with Gasteiger partial charge < -0.3 is 4.55 Å². The quantitative estimate of drug-likeness (QED) is 0.345. The fraction of sp³-hybridized carbons (Fsp3) is 0.400. The summed E-state index contributed by atoms with van der Waals surface area (Å²) in [6.45, 7) is 0.745. The van der Waals surface area contributed by atoms with Crippen molar-refractivity contribution in [2.24, 2.45) is 0 Å². The molecule has 98 valence electrons. The van der Waals surface area contributed by atoms with Gasteiger partial charge in [-0.1, -0.05) is 30.3 Å². The topological polar surface area (TPSA) is 103 Å². The Balaban J connectivity index is 0.000000366. The average molecular weight is 263 g/mol. The van der Waals surface area contributed by atoms with Crippen molar-refractivity contribution in [2.45, 2.75) is 12.8 Å². The molecule has 1 aromatic rings. The van der Waals surface area contributed by atoms with E-state index in [2.05, 4.69) is 34.3 Å². The van der Waals surface area contributed by atoms with Crippen molar-refractivity contribution in [1.82, 2.24) is 0 Å². The number of quaternary nitrogens is 1. The van der Waals surface area contributed by atoms with Gasteiger partial charge in [0.15, 0.2) is 0 Å². The molecule has 0 radical (unpaired) electrons. The van der Waals surface area contributed by atoms with Gasteiger partial charge in [-0.2, -0.15) is 0 Å². The number of benzene rings is 1. The first kappa shape index (κ1) is 16.0. The number of rotatable bonds is 5. The minimum absolute atomic E-state index is 0.745. The van der Waals surface area contributed by atoms with Crippen molar-refractivity contribution < 1.29 is 27.9 Å². The summed E-state index contributed by atoms with van der Waals surface area (Å²) in [4.78, 5) is 4.71. The molecular formula is C10H17NO5S. The Morgan fingerprint density at radius 3 is 2.24 bits per heavy atom. The summed E-state index contributed by atoms with van der Waals surface area (Å²) in [5.41, 5.74) is 1.37. The van der Waals surface area contributed by atoms with Crippen LogP contribution in [0.2, 0.25) is 0 Å². The first-order valence-corrected chi connectivity index (χ1v) is 6.25. The van der Waals surface area contributed by atoms with Crippen LogP contribution in [0.3, 0.4) is 0 Å². The van der Waals surface area contributed by atoms with Gasteiger partial charge in [0, 0.05) is 0 Å². The molecule has 7 heteroatoms. The van der Waals surface area contributed by atoms with E-state index in [4.69, 9.17) is 4.84 Å². The number of hydrogen-bond acceptors (Lipinski definition) is 5. The van der Waals surface area contributed by atoms with Crippen LogP contribution in [-0.2, 0) is 25.8 Å². The largest absolute Gasteiger partial charge is 0.726 e. The Morgan fingerprint density at radius 1 is 1.29 bits per heavy atom. The molecule has 0 aromatic heterocycles. The van der Waals surface area contributed by atoms with Gasteiger partial charge in [0.1, 0.15) is 6.61 Å². The second kappa shape index (κ2) is 9.08. The predicted octanol–water partition coefficient (Wildman–Crippen LogP) is -0.114. The SMILES string of the molecule is COS(=O)(=O)[O-].[NH3+]OCCCc1ccccc1. The van der Waals surface area contributed by atoms with Crippen molar-refractivity contribution in [3.8, 4) is 0 Å². The standard InChI is InChI=1S/C9H14NO.CH4O4S/c10-11-8-4-7-9-5-2-1-3-6-9;1-5-6(2,3)4/h1-3,5-6H,4,7-8H2,10H3;1H3,(H,2,3,4)/q+1;/p-1. The molecule has 0 aliphatic carbocycles. The highest BCUT2D eigenvalue weighted by atomic mass is 32.3. The number of aryl methyl sites for hydroxylation is 1. The van der Waals surface area contributed by atoms with Crippen molar-refractivity contribution in [3.63, 3.8) is 0 Å². The van der Waals surface area contributed by atoms with Crippen LogP contribution in [0.5, 0.6) is 0 Å². The van der Waals surface area contributed by atoms with Gasteiger partial charge in [0.05, 0.1) is 7.11 Å². The van der Waals surface area contributed by atoms with Gasteiger partial charge in [-0.25, -0.2) is 19.2 Å². The molecule has 0 saturated heterocycles. The van der Waals surface area contributed by atoms with Crippen molar-refractivity contribution in [2.75, 3.05) is 13.7 Å². The smallest absolute Gasteiger partial charge is 0.217 e. The molecule has 1 rings (SSSR count). The van der Waals surface area contributed by atoms with Crippen LogP contribution in [0.1, 0.15) is 12.0 Å². The van der Waals surface area contributed by atoms with E-state index >= 15 is 0 Å². The molecule has 0 amide bonds. The summed E-state index contributed by atoms with van der Waals surface area (Å²) in [7, 11) is -3.60. The molecular weight excluding hydrogens is 246 g/mol. The van der Waals surface area contributed by atoms with E-state index in [9.17, 15) is 13.0 Å². The zero-order valence-electron chi connectivity index (χ0n) is 9.66. The lowest BCUT2D eigenvalue weighted by molar-refractivity contribution is -0.689. The third-order valence-corrected chi connectivity index (χ3v) is 2.21. The maximum absolute atomic E-state index is 9.22. The third-order valence-electron chi connectivity index (χ3n) is 1.80. The summed E-state index contributed by atoms with van der Waals surface area (Å²) in [6.07, 6.45) is 2.13. The summed E-state index contributed by atoms with van der Waals surface area (Å²) >= 11 is 0. The summed E-state index contributed by atoms with van der Waals surface area (Å²) < 4.78 is 31.0. The second-order valence-corrected chi connectivity index (χ2v) is 4.22. The van der Waals surface area contributed by atoms with E-state index in [0.29, 0.717) is 0 Å². The van der Waals surface area contributed by atoms with Gasteiger partial charge in [0.2, 0.25) is 10.4 Å². The molecule has 0 aliphatic heterocycles.